The molecule has 2 aromatic rings. The number of allylic oxidation sites excluding steroid dienone is 1. The molecule has 0 saturated carbocycles. The summed E-state index contributed by atoms with van der Waals surface area (Å²) in [5.74, 6) is -0.0501. The minimum absolute atomic E-state index is 0.0501. The van der Waals surface area contributed by atoms with Gasteiger partial charge in [-0.15, -0.1) is 6.58 Å². The molecule has 1 N–H and O–H groups in total. The standard InChI is InChI=1S/C26H36O2Si/c1-7-15-24(27)21(3)25(16-8-2)28-29(26(4,5)6,22-17-11-9-12-18-22)23-19-13-10-14-20-23/h7-14,16-21,24-25,27H,1,15H2,2-6H3/b16-8+/t21-,24+,25-/m1/s1. The van der Waals surface area contributed by atoms with Crippen molar-refractivity contribution in [3.05, 3.63) is 85.5 Å². The molecular formula is C26H36O2Si. The maximum absolute atomic E-state index is 10.7. The average Bonchev–Trinajstić information content (AvgIpc) is 2.71. The van der Waals surface area contributed by atoms with Gasteiger partial charge in [0.05, 0.1) is 12.2 Å². The molecule has 0 aliphatic rings. The Balaban J connectivity index is 2.67. The van der Waals surface area contributed by atoms with E-state index in [-0.39, 0.29) is 17.1 Å². The zero-order valence-corrected chi connectivity index (χ0v) is 19.5. The average molecular weight is 409 g/mol. The van der Waals surface area contributed by atoms with E-state index in [4.69, 9.17) is 4.43 Å². The third-order valence-corrected chi connectivity index (χ3v) is 10.7. The van der Waals surface area contributed by atoms with Gasteiger partial charge < -0.3 is 9.53 Å². The van der Waals surface area contributed by atoms with Crippen molar-refractivity contribution in [1.29, 1.82) is 0 Å². The smallest absolute Gasteiger partial charge is 0.261 e. The number of aliphatic hydroxyl groups excluding tert-OH is 1. The molecule has 2 aromatic carbocycles. The fourth-order valence-electron chi connectivity index (χ4n) is 4.01. The van der Waals surface area contributed by atoms with Crippen molar-refractivity contribution in [2.45, 2.75) is 58.3 Å². The zero-order valence-electron chi connectivity index (χ0n) is 18.5. The molecule has 0 radical (unpaired) electrons. The van der Waals surface area contributed by atoms with Gasteiger partial charge in [-0.25, -0.2) is 0 Å². The second-order valence-electron chi connectivity index (χ2n) is 8.72. The summed E-state index contributed by atoms with van der Waals surface area (Å²) < 4.78 is 7.20. The van der Waals surface area contributed by atoms with Crippen molar-refractivity contribution in [2.75, 3.05) is 0 Å². The van der Waals surface area contributed by atoms with Crippen LogP contribution in [0.1, 0.15) is 41.0 Å². The molecule has 2 rings (SSSR count). The van der Waals surface area contributed by atoms with E-state index < -0.39 is 14.4 Å². The highest BCUT2D eigenvalue weighted by Crippen LogP contribution is 2.38. The van der Waals surface area contributed by atoms with E-state index in [1.165, 1.54) is 10.4 Å². The molecule has 3 atom stereocenters. The summed E-state index contributed by atoms with van der Waals surface area (Å²) in [5, 5.41) is 13.1. The Bertz CT molecular complexity index is 738. The summed E-state index contributed by atoms with van der Waals surface area (Å²) in [6, 6.07) is 21.3. The Morgan fingerprint density at radius 2 is 1.48 bits per heavy atom. The van der Waals surface area contributed by atoms with E-state index in [0.717, 1.165) is 0 Å². The van der Waals surface area contributed by atoms with Gasteiger partial charge in [0.2, 0.25) is 0 Å². The normalized spacial score (nSPS) is 15.8. The van der Waals surface area contributed by atoms with Gasteiger partial charge in [0.25, 0.3) is 8.32 Å². The van der Waals surface area contributed by atoms with Crippen LogP contribution in [0.3, 0.4) is 0 Å². The van der Waals surface area contributed by atoms with Crippen LogP contribution in [-0.2, 0) is 4.43 Å². The zero-order chi connectivity index (χ0) is 21.5. The molecule has 0 aliphatic carbocycles. The predicted octanol–water partition coefficient (Wildman–Crippen LogP) is 5.08. The van der Waals surface area contributed by atoms with Gasteiger partial charge >= 0.3 is 0 Å². The highest BCUT2D eigenvalue weighted by Gasteiger charge is 2.51. The lowest BCUT2D eigenvalue weighted by Crippen LogP contribution is -2.68. The lowest BCUT2D eigenvalue weighted by atomic mass is 9.95. The van der Waals surface area contributed by atoms with Crippen LogP contribution in [0.2, 0.25) is 5.04 Å². The maximum atomic E-state index is 10.7. The van der Waals surface area contributed by atoms with Crippen molar-refractivity contribution in [3.8, 4) is 0 Å². The Morgan fingerprint density at radius 3 is 1.86 bits per heavy atom. The van der Waals surface area contributed by atoms with Crippen LogP contribution in [-0.4, -0.2) is 25.6 Å². The van der Waals surface area contributed by atoms with Crippen molar-refractivity contribution in [1.82, 2.24) is 0 Å². The Morgan fingerprint density at radius 1 is 1.00 bits per heavy atom. The first kappa shape index (κ1) is 23.3. The number of rotatable bonds is 9. The van der Waals surface area contributed by atoms with E-state index in [2.05, 4.69) is 101 Å². The van der Waals surface area contributed by atoms with Gasteiger partial charge in [0.15, 0.2) is 0 Å². The van der Waals surface area contributed by atoms with Gasteiger partial charge in [0, 0.05) is 5.92 Å². The van der Waals surface area contributed by atoms with Crippen LogP contribution in [0.15, 0.2) is 85.5 Å². The van der Waals surface area contributed by atoms with E-state index in [0.29, 0.717) is 6.42 Å². The van der Waals surface area contributed by atoms with E-state index >= 15 is 0 Å². The Kier molecular flexibility index (Phi) is 8.20. The minimum atomic E-state index is -2.67. The van der Waals surface area contributed by atoms with E-state index in [9.17, 15) is 5.11 Å². The van der Waals surface area contributed by atoms with E-state index in [1.54, 1.807) is 6.08 Å². The number of benzene rings is 2. The molecule has 0 aliphatic heterocycles. The van der Waals surface area contributed by atoms with Gasteiger partial charge in [-0.1, -0.05) is 107 Å². The first-order chi connectivity index (χ1) is 13.8. The second-order valence-corrected chi connectivity index (χ2v) is 13.0. The van der Waals surface area contributed by atoms with Gasteiger partial charge in [-0.3, -0.25) is 0 Å². The highest BCUT2D eigenvalue weighted by atomic mass is 28.4. The third-order valence-electron chi connectivity index (χ3n) is 5.65. The maximum Gasteiger partial charge on any atom is 0.261 e. The van der Waals surface area contributed by atoms with Crippen LogP contribution in [0.5, 0.6) is 0 Å². The van der Waals surface area contributed by atoms with E-state index in [1.807, 2.05) is 13.0 Å². The molecule has 3 heteroatoms. The van der Waals surface area contributed by atoms with Crippen LogP contribution in [0, 0.1) is 5.92 Å². The number of aliphatic hydroxyl groups is 1. The molecule has 0 saturated heterocycles. The van der Waals surface area contributed by atoms with Crippen molar-refractivity contribution in [2.24, 2.45) is 5.92 Å². The first-order valence-electron chi connectivity index (χ1n) is 10.5. The minimum Gasteiger partial charge on any atom is -0.401 e. The van der Waals surface area contributed by atoms with Gasteiger partial charge in [-0.05, 0) is 28.8 Å². The van der Waals surface area contributed by atoms with Crippen LogP contribution >= 0.6 is 0 Å². The third kappa shape index (κ3) is 5.16. The van der Waals surface area contributed by atoms with Crippen LogP contribution in [0.4, 0.5) is 0 Å². The molecule has 2 nitrogen and oxygen atoms in total. The molecule has 0 heterocycles. The van der Waals surface area contributed by atoms with Crippen molar-refractivity contribution in [3.63, 3.8) is 0 Å². The van der Waals surface area contributed by atoms with Crippen molar-refractivity contribution >= 4 is 18.7 Å². The highest BCUT2D eigenvalue weighted by molar-refractivity contribution is 6.99. The lowest BCUT2D eigenvalue weighted by Gasteiger charge is -2.46. The summed E-state index contributed by atoms with van der Waals surface area (Å²) in [6.07, 6.45) is 5.76. The summed E-state index contributed by atoms with van der Waals surface area (Å²) in [6.45, 7) is 14.7. The molecule has 0 unspecified atom stereocenters. The quantitative estimate of drug-likeness (QED) is 0.463. The predicted molar refractivity (Wildman–Crippen MR) is 127 cm³/mol. The Hall–Kier alpha value is -1.94. The second kappa shape index (κ2) is 10.2. The summed E-state index contributed by atoms with van der Waals surface area (Å²) >= 11 is 0. The molecule has 156 valence electrons. The largest absolute Gasteiger partial charge is 0.401 e. The molecule has 0 spiro atoms. The molecule has 0 fully saturated rings. The molecule has 0 aromatic heterocycles. The summed E-state index contributed by atoms with van der Waals surface area (Å²) in [7, 11) is -2.67. The molecule has 0 bridgehead atoms. The number of hydrogen-bond acceptors (Lipinski definition) is 2. The molecule has 29 heavy (non-hydrogen) atoms. The topological polar surface area (TPSA) is 29.5 Å². The monoisotopic (exact) mass is 408 g/mol. The summed E-state index contributed by atoms with van der Waals surface area (Å²) in [4.78, 5) is 0. The molecular weight excluding hydrogens is 372 g/mol. The SMILES string of the molecule is C=CC[C@H](O)[C@@H](C)[C@@H](/C=C/C)O[Si](c1ccccc1)(c1ccccc1)C(C)(C)C. The lowest BCUT2D eigenvalue weighted by molar-refractivity contribution is 0.0538. The first-order valence-corrected chi connectivity index (χ1v) is 12.4. The van der Waals surface area contributed by atoms with Crippen LogP contribution in [0.25, 0.3) is 0 Å². The summed E-state index contributed by atoms with van der Waals surface area (Å²) in [5.41, 5.74) is 0. The fraction of sp³-hybridized carbons (Fsp3) is 0.385. The Labute approximate surface area is 178 Å². The fourth-order valence-corrected chi connectivity index (χ4v) is 8.73. The molecule has 0 amide bonds. The van der Waals surface area contributed by atoms with Gasteiger partial charge in [-0.2, -0.15) is 0 Å². The number of hydrogen-bond donors (Lipinski definition) is 1. The van der Waals surface area contributed by atoms with Crippen molar-refractivity contribution < 1.29 is 9.53 Å². The van der Waals surface area contributed by atoms with Gasteiger partial charge in [0.1, 0.15) is 0 Å². The van der Waals surface area contributed by atoms with Crippen LogP contribution < -0.4 is 10.4 Å².